The van der Waals surface area contributed by atoms with Gasteiger partial charge in [-0.3, -0.25) is 14.5 Å². The molecular weight excluding hydrogens is 518 g/mol. The van der Waals surface area contributed by atoms with Gasteiger partial charge in [0.05, 0.1) is 37.3 Å². The minimum Gasteiger partial charge on any atom is -0.494 e. The molecule has 0 saturated carbocycles. The van der Waals surface area contributed by atoms with Gasteiger partial charge < -0.3 is 18.6 Å². The minimum absolute atomic E-state index is 0.00701. The van der Waals surface area contributed by atoms with Gasteiger partial charge in [0, 0.05) is 10.7 Å². The monoisotopic (exact) mass is 547 g/mol. The molecule has 0 aliphatic carbocycles. The summed E-state index contributed by atoms with van der Waals surface area (Å²) < 4.78 is 23.2. The molecule has 39 heavy (non-hydrogen) atoms. The van der Waals surface area contributed by atoms with E-state index in [0.29, 0.717) is 57.7 Å². The molecule has 7 nitrogen and oxygen atoms in total. The van der Waals surface area contributed by atoms with Crippen LogP contribution in [0.4, 0.5) is 5.69 Å². The Hall–Kier alpha value is -3.97. The first-order valence-electron chi connectivity index (χ1n) is 13.1. The zero-order chi connectivity index (χ0) is 27.5. The molecule has 1 amide bonds. The van der Waals surface area contributed by atoms with E-state index in [1.807, 2.05) is 25.1 Å². The van der Waals surface area contributed by atoms with E-state index in [0.717, 1.165) is 19.3 Å². The van der Waals surface area contributed by atoms with Crippen LogP contribution in [0.2, 0.25) is 5.02 Å². The number of carbonyl (C=O) groups is 1. The number of amides is 1. The Kier molecular flexibility index (Phi) is 7.79. The maximum absolute atomic E-state index is 13.9. The summed E-state index contributed by atoms with van der Waals surface area (Å²) in [7, 11) is 1.57. The molecule has 1 aliphatic heterocycles. The summed E-state index contributed by atoms with van der Waals surface area (Å²) in [6.45, 7) is 5.14. The Morgan fingerprint density at radius 1 is 0.923 bits per heavy atom. The molecule has 0 N–H and O–H groups in total. The minimum atomic E-state index is -0.756. The number of hydrogen-bond acceptors (Lipinski definition) is 6. The Bertz CT molecular complexity index is 1560. The number of rotatable bonds is 10. The van der Waals surface area contributed by atoms with Crippen molar-refractivity contribution in [1.82, 2.24) is 0 Å². The van der Waals surface area contributed by atoms with Crippen LogP contribution in [0.15, 0.2) is 69.9 Å². The number of halogens is 1. The number of hydrogen-bond donors (Lipinski definition) is 0. The molecule has 0 saturated heterocycles. The van der Waals surface area contributed by atoms with Gasteiger partial charge in [-0.15, -0.1) is 0 Å². The van der Waals surface area contributed by atoms with E-state index in [1.165, 1.54) is 0 Å². The molecule has 1 atom stereocenters. The van der Waals surface area contributed by atoms with Gasteiger partial charge in [0.2, 0.25) is 5.76 Å². The van der Waals surface area contributed by atoms with E-state index >= 15 is 0 Å². The van der Waals surface area contributed by atoms with Gasteiger partial charge in [0.15, 0.2) is 16.9 Å². The molecule has 1 aromatic heterocycles. The molecule has 2 heterocycles. The lowest BCUT2D eigenvalue weighted by Gasteiger charge is -2.26. The fourth-order valence-corrected chi connectivity index (χ4v) is 5.08. The van der Waals surface area contributed by atoms with Crippen LogP contribution in [0.25, 0.3) is 11.0 Å². The van der Waals surface area contributed by atoms with Crippen molar-refractivity contribution in [3.8, 4) is 17.2 Å². The highest BCUT2D eigenvalue weighted by Crippen LogP contribution is 2.43. The second-order valence-corrected chi connectivity index (χ2v) is 9.72. The maximum atomic E-state index is 13.9. The SMILES string of the molecule is CCCCCOc1ccc(C2c3c(oc4ccc(Cl)cc4c3=O)C(=O)N2c2ccc(OCC)cc2)cc1OC. The van der Waals surface area contributed by atoms with Gasteiger partial charge in [-0.25, -0.2) is 0 Å². The fourth-order valence-electron chi connectivity index (χ4n) is 4.90. The molecule has 0 bridgehead atoms. The molecule has 5 rings (SSSR count). The van der Waals surface area contributed by atoms with Crippen molar-refractivity contribution in [3.05, 3.63) is 92.8 Å². The molecule has 1 aliphatic rings. The van der Waals surface area contributed by atoms with Crippen LogP contribution in [0, 0.1) is 0 Å². The van der Waals surface area contributed by atoms with Crippen LogP contribution in [0.3, 0.4) is 0 Å². The highest BCUT2D eigenvalue weighted by Gasteiger charge is 2.44. The van der Waals surface area contributed by atoms with E-state index in [2.05, 4.69) is 6.92 Å². The zero-order valence-corrected chi connectivity index (χ0v) is 22.9. The van der Waals surface area contributed by atoms with Crippen molar-refractivity contribution in [2.24, 2.45) is 0 Å². The predicted molar refractivity (Wildman–Crippen MR) is 152 cm³/mol. The Morgan fingerprint density at radius 3 is 2.44 bits per heavy atom. The molecule has 0 fully saturated rings. The molecule has 4 aromatic rings. The van der Waals surface area contributed by atoms with Crippen molar-refractivity contribution in [2.45, 2.75) is 39.2 Å². The molecule has 8 heteroatoms. The number of fused-ring (bicyclic) bond motifs is 2. The van der Waals surface area contributed by atoms with Gasteiger partial charge >= 0.3 is 0 Å². The number of benzene rings is 3. The molecular formula is C31H30ClNO6. The van der Waals surface area contributed by atoms with Gasteiger partial charge in [0.25, 0.3) is 5.91 Å². The number of ether oxygens (including phenoxy) is 3. The van der Waals surface area contributed by atoms with Gasteiger partial charge in [0.1, 0.15) is 11.3 Å². The van der Waals surface area contributed by atoms with E-state index in [9.17, 15) is 9.59 Å². The maximum Gasteiger partial charge on any atom is 0.295 e. The number of carbonyl (C=O) groups excluding carboxylic acids is 1. The van der Waals surface area contributed by atoms with Gasteiger partial charge in [-0.05, 0) is 73.5 Å². The standard InChI is InChI=1S/C31H30ClNO6/c1-4-6-7-16-38-25-14-8-19(17-26(25)36-3)28-27-29(34)23-18-20(32)9-15-24(23)39-30(27)31(35)33(28)21-10-12-22(13-11-21)37-5-2/h8-15,17-18,28H,4-7,16H2,1-3H3. The van der Waals surface area contributed by atoms with Crippen LogP contribution < -0.4 is 24.5 Å². The lowest BCUT2D eigenvalue weighted by molar-refractivity contribution is 0.0971. The molecule has 1 unspecified atom stereocenters. The van der Waals surface area contributed by atoms with Crippen LogP contribution in [0.5, 0.6) is 17.2 Å². The van der Waals surface area contributed by atoms with E-state index < -0.39 is 11.9 Å². The van der Waals surface area contributed by atoms with Gasteiger partial charge in [-0.1, -0.05) is 37.4 Å². The molecule has 0 spiro atoms. The number of unbranched alkanes of at least 4 members (excludes halogenated alkanes) is 2. The summed E-state index contributed by atoms with van der Waals surface area (Å²) in [6, 6.07) is 16.7. The van der Waals surface area contributed by atoms with Crippen LogP contribution >= 0.6 is 11.6 Å². The van der Waals surface area contributed by atoms with Crippen LogP contribution in [-0.2, 0) is 0 Å². The van der Waals surface area contributed by atoms with E-state index in [1.54, 1.807) is 54.5 Å². The molecule has 3 aromatic carbocycles. The Morgan fingerprint density at radius 2 is 1.72 bits per heavy atom. The fraction of sp³-hybridized carbons (Fsp3) is 0.290. The van der Waals surface area contributed by atoms with Crippen LogP contribution in [0.1, 0.15) is 60.8 Å². The molecule has 202 valence electrons. The third kappa shape index (κ3) is 5.06. The lowest BCUT2D eigenvalue weighted by atomic mass is 9.97. The zero-order valence-electron chi connectivity index (χ0n) is 22.2. The normalized spacial score (nSPS) is 14.5. The van der Waals surface area contributed by atoms with Crippen molar-refractivity contribution < 1.29 is 23.4 Å². The average molecular weight is 548 g/mol. The van der Waals surface area contributed by atoms with Crippen molar-refractivity contribution in [3.63, 3.8) is 0 Å². The Labute approximate surface area is 231 Å². The second kappa shape index (κ2) is 11.4. The number of methoxy groups -OCH3 is 1. The third-order valence-electron chi connectivity index (χ3n) is 6.77. The summed E-state index contributed by atoms with van der Waals surface area (Å²) in [6.07, 6.45) is 3.11. The van der Waals surface area contributed by atoms with E-state index in [4.69, 9.17) is 30.2 Å². The summed E-state index contributed by atoms with van der Waals surface area (Å²) >= 11 is 6.21. The molecule has 0 radical (unpaired) electrons. The van der Waals surface area contributed by atoms with Crippen molar-refractivity contribution >= 4 is 34.2 Å². The van der Waals surface area contributed by atoms with Crippen molar-refractivity contribution in [2.75, 3.05) is 25.2 Å². The third-order valence-corrected chi connectivity index (χ3v) is 7.00. The first-order chi connectivity index (χ1) is 19.0. The topological polar surface area (TPSA) is 78.2 Å². The van der Waals surface area contributed by atoms with Crippen LogP contribution in [-0.4, -0.2) is 26.2 Å². The van der Waals surface area contributed by atoms with Gasteiger partial charge in [-0.2, -0.15) is 0 Å². The highest BCUT2D eigenvalue weighted by molar-refractivity contribution is 6.31. The largest absolute Gasteiger partial charge is 0.494 e. The quantitative estimate of drug-likeness (QED) is 0.196. The second-order valence-electron chi connectivity index (χ2n) is 9.28. The summed E-state index contributed by atoms with van der Waals surface area (Å²) in [4.78, 5) is 29.3. The average Bonchev–Trinajstić information content (AvgIpc) is 3.24. The van der Waals surface area contributed by atoms with Crippen molar-refractivity contribution in [1.29, 1.82) is 0 Å². The number of anilines is 1. The summed E-state index contributed by atoms with van der Waals surface area (Å²) in [5.41, 5.74) is 1.53. The lowest BCUT2D eigenvalue weighted by Crippen LogP contribution is -2.29. The van der Waals surface area contributed by atoms with E-state index in [-0.39, 0.29) is 16.8 Å². The Balaban J connectivity index is 1.65. The summed E-state index contributed by atoms with van der Waals surface area (Å²) in [5.74, 6) is 1.40. The number of nitrogens with zero attached hydrogens (tertiary/aromatic N) is 1. The predicted octanol–water partition coefficient (Wildman–Crippen LogP) is 7.17. The smallest absolute Gasteiger partial charge is 0.295 e. The summed E-state index contributed by atoms with van der Waals surface area (Å²) in [5, 5.41) is 0.723. The first-order valence-corrected chi connectivity index (χ1v) is 13.5. The first kappa shape index (κ1) is 26.6. The highest BCUT2D eigenvalue weighted by atomic mass is 35.5.